The molecule has 0 unspecified atom stereocenters. The molecule has 0 aliphatic heterocycles. The summed E-state index contributed by atoms with van der Waals surface area (Å²) in [7, 11) is -4.11. The molecule has 0 aromatic carbocycles. The van der Waals surface area contributed by atoms with Crippen LogP contribution < -0.4 is 11.2 Å². The zero-order valence-electron chi connectivity index (χ0n) is 15.9. The van der Waals surface area contributed by atoms with E-state index in [4.69, 9.17) is 23.2 Å². The third-order valence-electron chi connectivity index (χ3n) is 4.47. The Kier molecular flexibility index (Phi) is 6.57. The number of rotatable bonds is 8. The molecule has 0 saturated heterocycles. The van der Waals surface area contributed by atoms with Gasteiger partial charge in [-0.25, -0.2) is 4.79 Å². The smallest absolute Gasteiger partial charge is 0.290 e. The maximum absolute atomic E-state index is 12.9. The zero-order valence-corrected chi connectivity index (χ0v) is 19.0. The highest BCUT2D eigenvalue weighted by Crippen LogP contribution is 2.35. The molecule has 0 atom stereocenters. The van der Waals surface area contributed by atoms with Crippen LogP contribution in [0.15, 0.2) is 26.1 Å². The summed E-state index contributed by atoms with van der Waals surface area (Å²) in [6.07, 6.45) is 4.20. The number of hydrogen-bond donors (Lipinski definition) is 0. The fourth-order valence-corrected chi connectivity index (χ4v) is 5.96. The van der Waals surface area contributed by atoms with Gasteiger partial charge < -0.3 is 0 Å². The van der Waals surface area contributed by atoms with Crippen molar-refractivity contribution in [1.82, 2.24) is 18.3 Å². The first-order valence-electron chi connectivity index (χ1n) is 9.15. The number of halogens is 2. The largest absolute Gasteiger partial charge is 0.331 e. The molecule has 29 heavy (non-hydrogen) atoms. The molecule has 0 bridgehead atoms. The monoisotopic (exact) mass is 478 g/mol. The molecule has 8 nitrogen and oxygen atoms in total. The van der Waals surface area contributed by atoms with Crippen molar-refractivity contribution in [2.24, 2.45) is 0 Å². The van der Waals surface area contributed by atoms with E-state index in [0.717, 1.165) is 28.7 Å². The van der Waals surface area contributed by atoms with E-state index in [9.17, 15) is 18.0 Å². The van der Waals surface area contributed by atoms with Crippen LogP contribution in [0.25, 0.3) is 11.0 Å². The Morgan fingerprint density at radius 1 is 1.07 bits per heavy atom. The number of unbranched alkanes of at least 4 members (excludes halogenated alkanes) is 2. The van der Waals surface area contributed by atoms with Crippen LogP contribution in [0.2, 0.25) is 9.36 Å². The molecule has 3 rings (SSSR count). The van der Waals surface area contributed by atoms with Crippen molar-refractivity contribution in [3.05, 3.63) is 42.5 Å². The van der Waals surface area contributed by atoms with Crippen molar-refractivity contribution in [2.75, 3.05) is 0 Å². The molecule has 0 spiro atoms. The third kappa shape index (κ3) is 4.03. The van der Waals surface area contributed by atoms with Gasteiger partial charge in [-0.05, 0) is 18.9 Å². The summed E-state index contributed by atoms with van der Waals surface area (Å²) < 4.78 is 29.2. The van der Waals surface area contributed by atoms with E-state index >= 15 is 0 Å². The van der Waals surface area contributed by atoms with Gasteiger partial charge in [0.1, 0.15) is 8.55 Å². The average Bonchev–Trinajstić information content (AvgIpc) is 3.27. The first-order chi connectivity index (χ1) is 13.7. The Labute approximate surface area is 181 Å². The molecule has 3 heterocycles. The second kappa shape index (κ2) is 8.63. The van der Waals surface area contributed by atoms with Crippen LogP contribution in [-0.2, 0) is 23.1 Å². The Bertz CT molecular complexity index is 1250. The molecule has 12 heteroatoms. The molecule has 0 aliphatic rings. The zero-order chi connectivity index (χ0) is 21.3. The molecule has 3 aromatic heterocycles. The van der Waals surface area contributed by atoms with E-state index in [-0.39, 0.29) is 31.1 Å². The van der Waals surface area contributed by atoms with Crippen LogP contribution in [-0.4, -0.2) is 26.7 Å². The predicted octanol–water partition coefficient (Wildman–Crippen LogP) is 3.57. The Morgan fingerprint density at radius 3 is 2.24 bits per heavy atom. The van der Waals surface area contributed by atoms with Gasteiger partial charge in [0.25, 0.3) is 15.6 Å². The average molecular weight is 479 g/mol. The van der Waals surface area contributed by atoms with Crippen LogP contribution in [0.4, 0.5) is 0 Å². The number of nitrogens with zero attached hydrogens (tertiary/aromatic N) is 4. The van der Waals surface area contributed by atoms with E-state index in [0.29, 0.717) is 23.5 Å². The van der Waals surface area contributed by atoms with Crippen molar-refractivity contribution in [1.29, 1.82) is 0 Å². The van der Waals surface area contributed by atoms with E-state index < -0.39 is 21.3 Å². The van der Waals surface area contributed by atoms with Crippen LogP contribution in [0.3, 0.4) is 0 Å². The van der Waals surface area contributed by atoms with Gasteiger partial charge in [0, 0.05) is 13.1 Å². The lowest BCUT2D eigenvalue weighted by molar-refractivity contribution is 0.532. The summed E-state index contributed by atoms with van der Waals surface area (Å²) in [5.74, 6) is 0. The standard InChI is InChI=1S/C17H20Cl2N4O4S2/c1-3-5-7-21-12-10-23(29(26,27)13-9-11(18)15(19)28-13)20-14(12)16(24)22(17(21)25)8-6-4-2/h9-10H,3-8H2,1-2H3. The second-order valence-electron chi connectivity index (χ2n) is 6.53. The van der Waals surface area contributed by atoms with Crippen molar-refractivity contribution in [2.45, 2.75) is 56.8 Å². The number of aromatic nitrogens is 4. The molecule has 3 aromatic rings. The second-order valence-corrected chi connectivity index (χ2v) is 10.6. The normalized spacial score (nSPS) is 12.1. The minimum atomic E-state index is -4.11. The van der Waals surface area contributed by atoms with Crippen LogP contribution in [0.5, 0.6) is 0 Å². The van der Waals surface area contributed by atoms with Gasteiger partial charge in [0.15, 0.2) is 5.52 Å². The summed E-state index contributed by atoms with van der Waals surface area (Å²) in [6.45, 7) is 4.55. The molecule has 0 fully saturated rings. The Hall–Kier alpha value is -1.62. The first kappa shape index (κ1) is 22.1. The summed E-state index contributed by atoms with van der Waals surface area (Å²) in [4.78, 5) is 25.8. The van der Waals surface area contributed by atoms with Gasteiger partial charge in [0.05, 0.1) is 16.7 Å². The fourth-order valence-electron chi connectivity index (χ4n) is 2.87. The highest BCUT2D eigenvalue weighted by atomic mass is 35.5. The summed E-state index contributed by atoms with van der Waals surface area (Å²) in [5.41, 5.74) is -0.918. The minimum absolute atomic E-state index is 0.0610. The van der Waals surface area contributed by atoms with Crippen molar-refractivity contribution in [3.8, 4) is 0 Å². The lowest BCUT2D eigenvalue weighted by Gasteiger charge is -2.10. The predicted molar refractivity (Wildman–Crippen MR) is 115 cm³/mol. The molecule has 158 valence electrons. The van der Waals surface area contributed by atoms with Gasteiger partial charge in [-0.3, -0.25) is 13.9 Å². The maximum Gasteiger partial charge on any atom is 0.331 e. The first-order valence-corrected chi connectivity index (χ1v) is 12.2. The van der Waals surface area contributed by atoms with E-state index in [1.165, 1.54) is 16.8 Å². The molecule has 0 radical (unpaired) electrons. The van der Waals surface area contributed by atoms with E-state index in [2.05, 4.69) is 5.10 Å². The topological polar surface area (TPSA) is 96.0 Å². The van der Waals surface area contributed by atoms with Gasteiger partial charge in [-0.15, -0.1) is 11.3 Å². The van der Waals surface area contributed by atoms with Gasteiger partial charge in [-0.1, -0.05) is 49.9 Å². The number of fused-ring (bicyclic) bond motifs is 1. The molecule has 0 saturated carbocycles. The number of thiophene rings is 1. The SMILES string of the molecule is CCCCn1c(=O)c2nn(S(=O)(=O)c3cc(Cl)c(Cl)s3)cc2n(CCCC)c1=O. The van der Waals surface area contributed by atoms with Crippen molar-refractivity contribution >= 4 is 55.6 Å². The van der Waals surface area contributed by atoms with E-state index in [1.807, 2.05) is 13.8 Å². The summed E-state index contributed by atoms with van der Waals surface area (Å²) in [6, 6.07) is 1.24. The van der Waals surface area contributed by atoms with Gasteiger partial charge in [-0.2, -0.15) is 17.6 Å². The summed E-state index contributed by atoms with van der Waals surface area (Å²) >= 11 is 12.6. The quantitative estimate of drug-likeness (QED) is 0.492. The Morgan fingerprint density at radius 2 is 1.69 bits per heavy atom. The van der Waals surface area contributed by atoms with Gasteiger partial charge >= 0.3 is 5.69 Å². The van der Waals surface area contributed by atoms with Crippen molar-refractivity contribution in [3.63, 3.8) is 0 Å². The maximum atomic E-state index is 12.9. The van der Waals surface area contributed by atoms with Crippen LogP contribution in [0, 0.1) is 0 Å². The lowest BCUT2D eigenvalue weighted by atomic mass is 10.3. The fraction of sp³-hybridized carbons (Fsp3) is 0.471. The lowest BCUT2D eigenvalue weighted by Crippen LogP contribution is -2.40. The minimum Gasteiger partial charge on any atom is -0.290 e. The molecular weight excluding hydrogens is 459 g/mol. The highest BCUT2D eigenvalue weighted by molar-refractivity contribution is 7.92. The van der Waals surface area contributed by atoms with Gasteiger partial charge in [0.2, 0.25) is 0 Å². The van der Waals surface area contributed by atoms with Crippen LogP contribution in [0.1, 0.15) is 39.5 Å². The summed E-state index contributed by atoms with van der Waals surface area (Å²) in [5, 5.41) is 4.15. The number of aryl methyl sites for hydroxylation is 1. The molecular formula is C17H20Cl2N4O4S2. The number of hydrogen-bond acceptors (Lipinski definition) is 6. The van der Waals surface area contributed by atoms with Crippen molar-refractivity contribution < 1.29 is 8.42 Å². The third-order valence-corrected chi connectivity index (χ3v) is 8.32. The molecule has 0 amide bonds. The Balaban J connectivity index is 2.26. The molecule has 0 aliphatic carbocycles. The van der Waals surface area contributed by atoms with Crippen LogP contribution >= 0.6 is 34.5 Å². The van der Waals surface area contributed by atoms with E-state index in [1.54, 1.807) is 0 Å². The highest BCUT2D eigenvalue weighted by Gasteiger charge is 2.25. The molecule has 0 N–H and O–H groups in total.